The third-order valence-electron chi connectivity index (χ3n) is 1.98. The lowest BCUT2D eigenvalue weighted by Gasteiger charge is -1.96. The molecule has 0 heterocycles. The molecular weight excluding hydrogens is 146 g/mol. The van der Waals surface area contributed by atoms with E-state index in [9.17, 15) is 0 Å². The Bertz CT molecular complexity index is 401. The van der Waals surface area contributed by atoms with Crippen molar-refractivity contribution in [1.82, 2.24) is 0 Å². The number of hydrogen-bond donors (Lipinski definition) is 1. The summed E-state index contributed by atoms with van der Waals surface area (Å²) in [5, 5.41) is 9.53. The van der Waals surface area contributed by atoms with Crippen LogP contribution in [0.1, 0.15) is 13.8 Å². The minimum atomic E-state index is 0.603. The van der Waals surface area contributed by atoms with Crippen molar-refractivity contribution in [2.45, 2.75) is 13.8 Å². The van der Waals surface area contributed by atoms with E-state index in [1.165, 1.54) is 0 Å². The number of benzene rings is 1. The highest BCUT2D eigenvalue weighted by Crippen LogP contribution is 1.90. The summed E-state index contributed by atoms with van der Waals surface area (Å²) in [6, 6.07) is 7.88. The fourth-order valence-electron chi connectivity index (χ4n) is 1.09. The zero-order valence-electron chi connectivity index (χ0n) is 7.52. The molecule has 0 aliphatic rings. The second kappa shape index (κ2) is 3.35. The van der Waals surface area contributed by atoms with Gasteiger partial charge in [-0.25, -0.2) is 0 Å². The Balaban J connectivity index is 3.56. The van der Waals surface area contributed by atoms with Gasteiger partial charge in [-0.15, -0.1) is 0 Å². The molecule has 1 nitrogen and oxygen atoms in total. The molecular formula is C11H13N. The van der Waals surface area contributed by atoms with Crippen molar-refractivity contribution in [3.8, 4) is 0 Å². The Labute approximate surface area is 72.6 Å². The summed E-state index contributed by atoms with van der Waals surface area (Å²) >= 11 is 0. The molecule has 0 radical (unpaired) electrons. The largest absolute Gasteiger partial charge is 0.305 e. The van der Waals surface area contributed by atoms with Crippen molar-refractivity contribution in [1.29, 1.82) is 5.41 Å². The fourth-order valence-corrected chi connectivity index (χ4v) is 1.09. The van der Waals surface area contributed by atoms with E-state index in [0.717, 1.165) is 16.0 Å². The van der Waals surface area contributed by atoms with Crippen LogP contribution in [0.5, 0.6) is 0 Å². The topological polar surface area (TPSA) is 23.9 Å². The monoisotopic (exact) mass is 159 g/mol. The van der Waals surface area contributed by atoms with Gasteiger partial charge in [-0.2, -0.15) is 0 Å². The Morgan fingerprint density at radius 1 is 1.25 bits per heavy atom. The Morgan fingerprint density at radius 3 is 2.33 bits per heavy atom. The molecule has 0 atom stereocenters. The number of rotatable bonds is 1. The van der Waals surface area contributed by atoms with Gasteiger partial charge in [0.25, 0.3) is 0 Å². The molecule has 1 aromatic carbocycles. The number of nitrogens with one attached hydrogen (secondary N) is 1. The van der Waals surface area contributed by atoms with Crippen molar-refractivity contribution < 1.29 is 0 Å². The Hall–Kier alpha value is -1.37. The molecule has 0 spiro atoms. The van der Waals surface area contributed by atoms with Crippen molar-refractivity contribution in [3.05, 3.63) is 34.7 Å². The van der Waals surface area contributed by atoms with Crippen LogP contribution < -0.4 is 10.4 Å². The molecule has 1 N–H and O–H groups in total. The van der Waals surface area contributed by atoms with Gasteiger partial charge in [-0.3, -0.25) is 0 Å². The first-order chi connectivity index (χ1) is 5.63. The lowest BCUT2D eigenvalue weighted by molar-refractivity contribution is 1.44. The average Bonchev–Trinajstić information content (AvgIpc) is 2.04. The van der Waals surface area contributed by atoms with Crippen LogP contribution in [0.3, 0.4) is 0 Å². The minimum absolute atomic E-state index is 0.603. The van der Waals surface area contributed by atoms with Crippen LogP contribution in [0.25, 0.3) is 12.2 Å². The molecule has 1 heteroatoms. The molecule has 0 bridgehead atoms. The van der Waals surface area contributed by atoms with Crippen molar-refractivity contribution >= 4 is 17.9 Å². The van der Waals surface area contributed by atoms with Gasteiger partial charge in [-0.1, -0.05) is 30.8 Å². The highest BCUT2D eigenvalue weighted by molar-refractivity contribution is 6.14. The molecule has 0 saturated carbocycles. The average molecular weight is 159 g/mol. The second-order valence-electron chi connectivity index (χ2n) is 2.91. The lowest BCUT2D eigenvalue weighted by Crippen LogP contribution is -2.25. The van der Waals surface area contributed by atoms with Crippen LogP contribution in [0, 0.1) is 5.41 Å². The summed E-state index contributed by atoms with van der Waals surface area (Å²) in [4.78, 5) is 0. The summed E-state index contributed by atoms with van der Waals surface area (Å²) in [5.74, 6) is 0. The van der Waals surface area contributed by atoms with E-state index in [2.05, 4.69) is 6.58 Å². The quantitative estimate of drug-likeness (QED) is 0.597. The summed E-state index contributed by atoms with van der Waals surface area (Å²) in [5.41, 5.74) is 1.60. The van der Waals surface area contributed by atoms with Gasteiger partial charge in [0.2, 0.25) is 0 Å². The van der Waals surface area contributed by atoms with Crippen LogP contribution in [-0.2, 0) is 0 Å². The molecule has 62 valence electrons. The van der Waals surface area contributed by atoms with E-state index in [4.69, 9.17) is 5.41 Å². The van der Waals surface area contributed by atoms with Gasteiger partial charge < -0.3 is 5.41 Å². The first-order valence-corrected chi connectivity index (χ1v) is 3.93. The summed E-state index contributed by atoms with van der Waals surface area (Å²) < 4.78 is 0. The Morgan fingerprint density at radius 2 is 1.83 bits per heavy atom. The predicted octanol–water partition coefficient (Wildman–Crippen LogP) is 1.31. The smallest absolute Gasteiger partial charge is 0.0318 e. The normalized spacial score (nSPS) is 12.5. The standard InChI is InChI=1S/C11H13N/c1-8-6-4-5-7-11(8)9(2)10(3)12/h4-7,12H,1H2,2-3H3/b11-9+,12-10?. The zero-order valence-corrected chi connectivity index (χ0v) is 7.52. The zero-order chi connectivity index (χ0) is 9.14. The molecule has 0 amide bonds. The molecule has 0 aliphatic heterocycles. The molecule has 0 fully saturated rings. The molecule has 0 saturated heterocycles. The molecule has 12 heavy (non-hydrogen) atoms. The Kier molecular flexibility index (Phi) is 2.44. The third kappa shape index (κ3) is 1.62. The van der Waals surface area contributed by atoms with Gasteiger partial charge in [0.05, 0.1) is 0 Å². The maximum Gasteiger partial charge on any atom is 0.0318 e. The maximum atomic E-state index is 7.47. The van der Waals surface area contributed by atoms with E-state index in [-0.39, 0.29) is 0 Å². The van der Waals surface area contributed by atoms with Gasteiger partial charge >= 0.3 is 0 Å². The first-order valence-electron chi connectivity index (χ1n) is 3.93. The highest BCUT2D eigenvalue weighted by atomic mass is 14.4. The van der Waals surface area contributed by atoms with Crippen LogP contribution in [0.2, 0.25) is 0 Å². The van der Waals surface area contributed by atoms with Crippen LogP contribution in [0.4, 0.5) is 0 Å². The van der Waals surface area contributed by atoms with E-state index in [0.29, 0.717) is 5.71 Å². The summed E-state index contributed by atoms with van der Waals surface area (Å²) in [6.07, 6.45) is 0. The second-order valence-corrected chi connectivity index (χ2v) is 2.91. The van der Waals surface area contributed by atoms with Crippen molar-refractivity contribution in [2.75, 3.05) is 0 Å². The minimum Gasteiger partial charge on any atom is -0.305 e. The summed E-state index contributed by atoms with van der Waals surface area (Å²) in [6.45, 7) is 7.65. The van der Waals surface area contributed by atoms with Gasteiger partial charge in [0.1, 0.15) is 0 Å². The lowest BCUT2D eigenvalue weighted by atomic mass is 10.1. The fraction of sp³-hybridized carbons (Fsp3) is 0.182. The predicted molar refractivity (Wildman–Crippen MR) is 53.7 cm³/mol. The maximum absolute atomic E-state index is 7.47. The molecule has 1 rings (SSSR count). The van der Waals surface area contributed by atoms with Gasteiger partial charge in [0, 0.05) is 5.71 Å². The van der Waals surface area contributed by atoms with Gasteiger partial charge in [0.15, 0.2) is 0 Å². The molecule has 0 aliphatic carbocycles. The van der Waals surface area contributed by atoms with Crippen molar-refractivity contribution in [3.63, 3.8) is 0 Å². The number of hydrogen-bond acceptors (Lipinski definition) is 1. The summed E-state index contributed by atoms with van der Waals surface area (Å²) in [7, 11) is 0. The van der Waals surface area contributed by atoms with Crippen LogP contribution in [0.15, 0.2) is 24.3 Å². The van der Waals surface area contributed by atoms with Crippen molar-refractivity contribution in [2.24, 2.45) is 0 Å². The van der Waals surface area contributed by atoms with Crippen LogP contribution in [-0.4, -0.2) is 5.71 Å². The SMILES string of the molecule is C=c1cccc/c1=C(/C)C(C)=N. The van der Waals surface area contributed by atoms with E-state index < -0.39 is 0 Å². The van der Waals surface area contributed by atoms with E-state index in [1.807, 2.05) is 31.2 Å². The van der Waals surface area contributed by atoms with Gasteiger partial charge in [-0.05, 0) is 29.9 Å². The molecule has 0 unspecified atom stereocenters. The van der Waals surface area contributed by atoms with Crippen LogP contribution >= 0.6 is 0 Å². The highest BCUT2D eigenvalue weighted by Gasteiger charge is 1.92. The first kappa shape index (κ1) is 8.72. The van der Waals surface area contributed by atoms with E-state index in [1.54, 1.807) is 6.92 Å². The third-order valence-corrected chi connectivity index (χ3v) is 1.98. The molecule has 0 aromatic heterocycles. The molecule has 1 aromatic rings. The van der Waals surface area contributed by atoms with E-state index >= 15 is 0 Å².